The molecule has 1 aliphatic carbocycles. The number of nitrogens with two attached hydrogens (primary N) is 1. The van der Waals surface area contributed by atoms with E-state index in [4.69, 9.17) is 5.73 Å². The average Bonchev–Trinajstić information content (AvgIpc) is 2.61. The third-order valence-electron chi connectivity index (χ3n) is 5.21. The van der Waals surface area contributed by atoms with E-state index in [2.05, 4.69) is 20.5 Å². The molecular weight excluding hydrogens is 457 g/mol. The number of amides is 2. The molecule has 4 N–H and O–H groups in total. The predicted molar refractivity (Wildman–Crippen MR) is 119 cm³/mol. The van der Waals surface area contributed by atoms with Crippen molar-refractivity contribution in [3.05, 3.63) is 0 Å². The average molecular weight is 493 g/mol. The van der Waals surface area contributed by atoms with Crippen molar-refractivity contribution in [2.75, 3.05) is 26.2 Å². The molecule has 2 rings (SSSR count). The summed E-state index contributed by atoms with van der Waals surface area (Å²) in [6.07, 6.45) is 8.84. The molecule has 1 atom stereocenters. The highest BCUT2D eigenvalue weighted by Crippen LogP contribution is 2.19. The van der Waals surface area contributed by atoms with Crippen LogP contribution in [-0.4, -0.2) is 54.9 Å². The second-order valence-corrected chi connectivity index (χ2v) is 7.51. The maximum atomic E-state index is 12.1. The highest BCUT2D eigenvalue weighted by atomic mass is 127. The Morgan fingerprint density at radius 3 is 2.56 bits per heavy atom. The molecule has 1 saturated carbocycles. The van der Waals surface area contributed by atoms with Crippen LogP contribution < -0.4 is 16.4 Å². The van der Waals surface area contributed by atoms with Crippen LogP contribution in [0.15, 0.2) is 4.99 Å². The van der Waals surface area contributed by atoms with E-state index in [9.17, 15) is 9.59 Å². The van der Waals surface area contributed by atoms with Crippen molar-refractivity contribution in [1.82, 2.24) is 15.5 Å². The number of likely N-dealkylation sites (tertiary alicyclic amines) is 1. The molecule has 0 aromatic heterocycles. The van der Waals surface area contributed by atoms with Crippen LogP contribution in [0.1, 0.15) is 64.7 Å². The van der Waals surface area contributed by atoms with E-state index < -0.39 is 0 Å². The summed E-state index contributed by atoms with van der Waals surface area (Å²) in [6, 6.07) is 0.352. The molecule has 8 heteroatoms. The number of rotatable bonds is 7. The summed E-state index contributed by atoms with van der Waals surface area (Å²) in [5, 5.41) is 6.45. The SMILES string of the molecule is CCNC(=NCCC(=O)NC1CCCCC1)N1CCCC(CC(N)=O)C1.I. The Morgan fingerprint density at radius 1 is 1.15 bits per heavy atom. The van der Waals surface area contributed by atoms with Crippen LogP contribution in [0.3, 0.4) is 0 Å². The molecule has 156 valence electrons. The Bertz CT molecular complexity index is 494. The van der Waals surface area contributed by atoms with Crippen LogP contribution in [0, 0.1) is 5.92 Å². The first kappa shape index (κ1) is 24.0. The minimum atomic E-state index is -0.238. The number of piperidine rings is 1. The van der Waals surface area contributed by atoms with E-state index in [1.54, 1.807) is 0 Å². The van der Waals surface area contributed by atoms with Crippen molar-refractivity contribution in [2.45, 2.75) is 70.8 Å². The van der Waals surface area contributed by atoms with E-state index in [0.29, 0.717) is 31.3 Å². The van der Waals surface area contributed by atoms with Crippen LogP contribution in [0.5, 0.6) is 0 Å². The summed E-state index contributed by atoms with van der Waals surface area (Å²) in [5.41, 5.74) is 5.35. The molecule has 7 nitrogen and oxygen atoms in total. The summed E-state index contributed by atoms with van der Waals surface area (Å²) in [6.45, 7) is 5.02. The second-order valence-electron chi connectivity index (χ2n) is 7.51. The normalized spacial score (nSPS) is 21.3. The summed E-state index contributed by atoms with van der Waals surface area (Å²) in [4.78, 5) is 30.2. The van der Waals surface area contributed by atoms with Gasteiger partial charge in [-0.05, 0) is 38.5 Å². The largest absolute Gasteiger partial charge is 0.370 e. The highest BCUT2D eigenvalue weighted by molar-refractivity contribution is 14.0. The third-order valence-corrected chi connectivity index (χ3v) is 5.21. The van der Waals surface area contributed by atoms with Gasteiger partial charge in [0.05, 0.1) is 6.54 Å². The molecule has 0 radical (unpaired) electrons. The van der Waals surface area contributed by atoms with Crippen molar-refractivity contribution in [3.63, 3.8) is 0 Å². The van der Waals surface area contributed by atoms with E-state index in [1.165, 1.54) is 19.3 Å². The zero-order valence-corrected chi connectivity index (χ0v) is 18.9. The number of primary amides is 1. The maximum Gasteiger partial charge on any atom is 0.222 e. The van der Waals surface area contributed by atoms with Crippen LogP contribution in [0.25, 0.3) is 0 Å². The number of hydrogen-bond acceptors (Lipinski definition) is 3. The van der Waals surface area contributed by atoms with Gasteiger partial charge in [-0.2, -0.15) is 0 Å². The molecule has 1 heterocycles. The van der Waals surface area contributed by atoms with Crippen molar-refractivity contribution < 1.29 is 9.59 Å². The molecule has 1 unspecified atom stereocenters. The first-order valence-corrected chi connectivity index (χ1v) is 10.2. The molecule has 1 saturated heterocycles. The molecule has 2 amide bonds. The van der Waals surface area contributed by atoms with Crippen molar-refractivity contribution in [1.29, 1.82) is 0 Å². The fraction of sp³-hybridized carbons (Fsp3) is 0.842. The fourth-order valence-corrected chi connectivity index (χ4v) is 3.94. The highest BCUT2D eigenvalue weighted by Gasteiger charge is 2.23. The van der Waals surface area contributed by atoms with Gasteiger partial charge in [-0.3, -0.25) is 14.6 Å². The first-order chi connectivity index (χ1) is 12.6. The topological polar surface area (TPSA) is 99.8 Å². The number of guanidine groups is 1. The summed E-state index contributed by atoms with van der Waals surface area (Å²) < 4.78 is 0. The van der Waals surface area contributed by atoms with E-state index in [0.717, 1.165) is 51.3 Å². The molecular formula is C19H36IN5O2. The van der Waals surface area contributed by atoms with Gasteiger partial charge in [-0.15, -0.1) is 24.0 Å². The molecule has 2 aliphatic rings. The smallest absolute Gasteiger partial charge is 0.222 e. The fourth-order valence-electron chi connectivity index (χ4n) is 3.94. The van der Waals surface area contributed by atoms with Gasteiger partial charge in [-0.1, -0.05) is 19.3 Å². The van der Waals surface area contributed by atoms with Crippen LogP contribution in [-0.2, 0) is 9.59 Å². The number of carbonyl (C=O) groups excluding carboxylic acids is 2. The molecule has 2 fully saturated rings. The quantitative estimate of drug-likeness (QED) is 0.287. The Balaban J connectivity index is 0.00000364. The minimum absolute atomic E-state index is 0. The number of halogens is 1. The zero-order valence-electron chi connectivity index (χ0n) is 16.5. The molecule has 0 spiro atoms. The Kier molecular flexibility index (Phi) is 11.7. The Hall–Kier alpha value is -1.06. The Labute approximate surface area is 180 Å². The first-order valence-electron chi connectivity index (χ1n) is 10.2. The lowest BCUT2D eigenvalue weighted by Gasteiger charge is -2.34. The number of hydrogen-bond donors (Lipinski definition) is 3. The van der Waals surface area contributed by atoms with Crippen LogP contribution in [0.4, 0.5) is 0 Å². The predicted octanol–water partition coefficient (Wildman–Crippen LogP) is 2.00. The summed E-state index contributed by atoms with van der Waals surface area (Å²) >= 11 is 0. The number of aliphatic imine (C=N–C) groups is 1. The van der Waals surface area contributed by atoms with E-state index in [1.807, 2.05) is 6.92 Å². The molecule has 0 aromatic carbocycles. The van der Waals surface area contributed by atoms with Gasteiger partial charge in [0.25, 0.3) is 0 Å². The van der Waals surface area contributed by atoms with E-state index >= 15 is 0 Å². The lowest BCUT2D eigenvalue weighted by atomic mass is 9.95. The number of carbonyl (C=O) groups is 2. The van der Waals surface area contributed by atoms with Crippen LogP contribution in [0.2, 0.25) is 0 Å². The van der Waals surface area contributed by atoms with Gasteiger partial charge in [0.2, 0.25) is 11.8 Å². The number of nitrogens with one attached hydrogen (secondary N) is 2. The second kappa shape index (κ2) is 13.2. The van der Waals surface area contributed by atoms with Gasteiger partial charge in [0.1, 0.15) is 0 Å². The molecule has 0 bridgehead atoms. The van der Waals surface area contributed by atoms with E-state index in [-0.39, 0.29) is 35.8 Å². The van der Waals surface area contributed by atoms with Gasteiger partial charge in [-0.25, -0.2) is 0 Å². The standard InChI is InChI=1S/C19H35N5O2.HI/c1-2-21-19(24-12-6-7-15(14-24)13-17(20)25)22-11-10-18(26)23-16-8-4-3-5-9-16;/h15-16H,2-14H2,1H3,(H2,20,25)(H,21,22)(H,23,26);1H. The van der Waals surface area contributed by atoms with Gasteiger partial charge >= 0.3 is 0 Å². The third kappa shape index (κ3) is 9.12. The Morgan fingerprint density at radius 2 is 1.89 bits per heavy atom. The molecule has 1 aliphatic heterocycles. The lowest BCUT2D eigenvalue weighted by molar-refractivity contribution is -0.122. The van der Waals surface area contributed by atoms with Gasteiger partial charge < -0.3 is 21.3 Å². The zero-order chi connectivity index (χ0) is 18.8. The lowest BCUT2D eigenvalue weighted by Crippen LogP contribution is -2.47. The van der Waals surface area contributed by atoms with Crippen molar-refractivity contribution >= 4 is 41.8 Å². The molecule has 27 heavy (non-hydrogen) atoms. The summed E-state index contributed by atoms with van der Waals surface area (Å²) in [5.74, 6) is 0.992. The van der Waals surface area contributed by atoms with Crippen molar-refractivity contribution in [2.24, 2.45) is 16.6 Å². The minimum Gasteiger partial charge on any atom is -0.370 e. The number of nitrogens with zero attached hydrogens (tertiary/aromatic N) is 2. The van der Waals surface area contributed by atoms with Gasteiger partial charge in [0.15, 0.2) is 5.96 Å². The van der Waals surface area contributed by atoms with Crippen LogP contribution >= 0.6 is 24.0 Å². The molecule has 0 aromatic rings. The maximum absolute atomic E-state index is 12.1. The van der Waals surface area contributed by atoms with Crippen molar-refractivity contribution in [3.8, 4) is 0 Å². The summed E-state index contributed by atoms with van der Waals surface area (Å²) in [7, 11) is 0. The monoisotopic (exact) mass is 493 g/mol. The van der Waals surface area contributed by atoms with Gasteiger partial charge in [0, 0.05) is 38.5 Å².